The van der Waals surface area contributed by atoms with Crippen LogP contribution in [0.4, 0.5) is 0 Å². The Morgan fingerprint density at radius 2 is 2.13 bits per heavy atom. The number of rotatable bonds is 5. The summed E-state index contributed by atoms with van der Waals surface area (Å²) in [5.74, 6) is -0.902. The van der Waals surface area contributed by atoms with Crippen molar-refractivity contribution in [3.63, 3.8) is 0 Å². The Bertz CT molecular complexity index is 823. The summed E-state index contributed by atoms with van der Waals surface area (Å²) in [6.07, 6.45) is 3.64. The first kappa shape index (κ1) is 14.8. The van der Waals surface area contributed by atoms with Crippen LogP contribution in [-0.4, -0.2) is 40.2 Å². The van der Waals surface area contributed by atoms with E-state index in [1.54, 1.807) is 0 Å². The molecule has 2 heterocycles. The van der Waals surface area contributed by atoms with E-state index in [-0.39, 0.29) is 5.69 Å². The highest BCUT2D eigenvalue weighted by Crippen LogP contribution is 2.19. The average molecular weight is 312 g/mol. The summed E-state index contributed by atoms with van der Waals surface area (Å²) < 4.78 is 4.80. The van der Waals surface area contributed by atoms with Crippen molar-refractivity contribution < 1.29 is 14.3 Å². The molecule has 0 aliphatic carbocycles. The SMILES string of the molecule is COC(=O)[C@H](Cc1c[nH]c2ccccc12)NC(=O)c1ccn[nH]1. The Balaban J connectivity index is 1.82. The van der Waals surface area contributed by atoms with E-state index in [0.29, 0.717) is 6.42 Å². The number of hydrogen-bond donors (Lipinski definition) is 3. The van der Waals surface area contributed by atoms with Gasteiger partial charge in [0.15, 0.2) is 0 Å². The Labute approximate surface area is 132 Å². The number of nitrogens with zero attached hydrogens (tertiary/aromatic N) is 1. The third-order valence-corrected chi connectivity index (χ3v) is 3.64. The lowest BCUT2D eigenvalue weighted by Crippen LogP contribution is -2.43. The zero-order valence-corrected chi connectivity index (χ0v) is 12.5. The molecule has 0 bridgehead atoms. The number of carbonyl (C=O) groups excluding carboxylic acids is 2. The second-order valence-electron chi connectivity index (χ2n) is 5.08. The first-order chi connectivity index (χ1) is 11.2. The van der Waals surface area contributed by atoms with Gasteiger partial charge >= 0.3 is 5.97 Å². The van der Waals surface area contributed by atoms with Gasteiger partial charge in [0.1, 0.15) is 11.7 Å². The van der Waals surface area contributed by atoms with Crippen LogP contribution in [0.5, 0.6) is 0 Å². The minimum absolute atomic E-state index is 0.290. The van der Waals surface area contributed by atoms with Crippen LogP contribution in [0.2, 0.25) is 0 Å². The molecule has 118 valence electrons. The standard InChI is InChI=1S/C16H16N4O3/c1-23-16(22)14(19-15(21)13-6-7-18-20-13)8-10-9-17-12-5-3-2-4-11(10)12/h2-7,9,14,17H,8H2,1H3,(H,18,20)(H,19,21)/t14-/m0/s1. The first-order valence-electron chi connectivity index (χ1n) is 7.12. The van der Waals surface area contributed by atoms with Gasteiger partial charge in [-0.25, -0.2) is 4.79 Å². The molecule has 1 atom stereocenters. The van der Waals surface area contributed by atoms with Crippen molar-refractivity contribution in [3.05, 3.63) is 54.0 Å². The van der Waals surface area contributed by atoms with Crippen molar-refractivity contribution in [1.82, 2.24) is 20.5 Å². The van der Waals surface area contributed by atoms with Gasteiger partial charge in [-0.15, -0.1) is 0 Å². The Morgan fingerprint density at radius 1 is 1.30 bits per heavy atom. The molecule has 23 heavy (non-hydrogen) atoms. The van der Waals surface area contributed by atoms with Gasteiger partial charge in [0.05, 0.1) is 7.11 Å². The average Bonchev–Trinajstić information content (AvgIpc) is 3.23. The topological polar surface area (TPSA) is 99.9 Å². The maximum absolute atomic E-state index is 12.1. The van der Waals surface area contributed by atoms with E-state index in [1.165, 1.54) is 19.4 Å². The summed E-state index contributed by atoms with van der Waals surface area (Å²) in [4.78, 5) is 27.3. The second-order valence-corrected chi connectivity index (χ2v) is 5.08. The molecule has 7 heteroatoms. The summed E-state index contributed by atoms with van der Waals surface area (Å²) in [6, 6.07) is 8.53. The van der Waals surface area contributed by atoms with Crippen molar-refractivity contribution in [2.24, 2.45) is 0 Å². The van der Waals surface area contributed by atoms with E-state index in [2.05, 4.69) is 20.5 Å². The van der Waals surface area contributed by atoms with E-state index in [1.807, 2.05) is 30.5 Å². The number of H-pyrrole nitrogens is 2. The number of fused-ring (bicyclic) bond motifs is 1. The van der Waals surface area contributed by atoms with Crippen molar-refractivity contribution in [2.75, 3.05) is 7.11 Å². The molecule has 0 unspecified atom stereocenters. The van der Waals surface area contributed by atoms with Crippen LogP contribution in [0.25, 0.3) is 10.9 Å². The molecule has 1 aromatic carbocycles. The molecule has 2 aromatic heterocycles. The first-order valence-corrected chi connectivity index (χ1v) is 7.12. The third kappa shape index (κ3) is 3.08. The van der Waals surface area contributed by atoms with Gasteiger partial charge in [-0.05, 0) is 17.7 Å². The third-order valence-electron chi connectivity index (χ3n) is 3.64. The highest BCUT2D eigenvalue weighted by molar-refractivity contribution is 5.95. The summed E-state index contributed by atoms with van der Waals surface area (Å²) in [5, 5.41) is 9.98. The van der Waals surface area contributed by atoms with E-state index in [9.17, 15) is 9.59 Å². The number of esters is 1. The summed E-state index contributed by atoms with van der Waals surface area (Å²) in [7, 11) is 1.30. The van der Waals surface area contributed by atoms with E-state index >= 15 is 0 Å². The second kappa shape index (κ2) is 6.35. The maximum Gasteiger partial charge on any atom is 0.328 e. The molecule has 0 radical (unpaired) electrons. The van der Waals surface area contributed by atoms with Gasteiger partial charge in [0, 0.05) is 29.7 Å². The van der Waals surface area contributed by atoms with Crippen molar-refractivity contribution >= 4 is 22.8 Å². The molecule has 3 N–H and O–H groups in total. The Kier molecular flexibility index (Phi) is 4.09. The van der Waals surface area contributed by atoms with Gasteiger partial charge in [-0.2, -0.15) is 5.10 Å². The van der Waals surface area contributed by atoms with Gasteiger partial charge in [-0.3, -0.25) is 9.89 Å². The minimum atomic E-state index is -0.782. The van der Waals surface area contributed by atoms with E-state index in [4.69, 9.17) is 4.74 Å². The summed E-state index contributed by atoms with van der Waals surface area (Å²) in [6.45, 7) is 0. The number of benzene rings is 1. The largest absolute Gasteiger partial charge is 0.467 e. The number of ether oxygens (including phenoxy) is 1. The number of methoxy groups -OCH3 is 1. The van der Waals surface area contributed by atoms with Gasteiger partial charge in [0.25, 0.3) is 5.91 Å². The molecular weight excluding hydrogens is 296 g/mol. The number of aromatic amines is 2. The van der Waals surface area contributed by atoms with Crippen LogP contribution < -0.4 is 5.32 Å². The lowest BCUT2D eigenvalue weighted by Gasteiger charge is -2.15. The van der Waals surface area contributed by atoms with Gasteiger partial charge < -0.3 is 15.0 Å². The molecule has 0 aliphatic heterocycles. The van der Waals surface area contributed by atoms with Crippen LogP contribution in [0, 0.1) is 0 Å². The number of para-hydroxylation sites is 1. The zero-order chi connectivity index (χ0) is 16.2. The Hall–Kier alpha value is -3.09. The number of carbonyl (C=O) groups is 2. The molecule has 3 aromatic rings. The van der Waals surface area contributed by atoms with Crippen LogP contribution >= 0.6 is 0 Å². The fourth-order valence-electron chi connectivity index (χ4n) is 2.47. The molecule has 3 rings (SSSR count). The molecule has 0 spiro atoms. The minimum Gasteiger partial charge on any atom is -0.467 e. The van der Waals surface area contributed by atoms with Crippen molar-refractivity contribution in [2.45, 2.75) is 12.5 Å². The van der Waals surface area contributed by atoms with Crippen LogP contribution in [0.3, 0.4) is 0 Å². The molecule has 1 amide bonds. The molecule has 0 fully saturated rings. The fourth-order valence-corrected chi connectivity index (χ4v) is 2.47. The smallest absolute Gasteiger partial charge is 0.328 e. The van der Waals surface area contributed by atoms with Gasteiger partial charge in [-0.1, -0.05) is 18.2 Å². The monoisotopic (exact) mass is 312 g/mol. The highest BCUT2D eigenvalue weighted by atomic mass is 16.5. The molecule has 0 saturated carbocycles. The fraction of sp³-hybridized carbons (Fsp3) is 0.188. The van der Waals surface area contributed by atoms with Crippen LogP contribution in [0.15, 0.2) is 42.7 Å². The van der Waals surface area contributed by atoms with Crippen LogP contribution in [-0.2, 0) is 16.0 Å². The molecule has 0 aliphatic rings. The number of amides is 1. The molecule has 7 nitrogen and oxygen atoms in total. The maximum atomic E-state index is 12.1. The van der Waals surface area contributed by atoms with E-state index in [0.717, 1.165) is 16.5 Å². The van der Waals surface area contributed by atoms with E-state index < -0.39 is 17.9 Å². The van der Waals surface area contributed by atoms with Gasteiger partial charge in [0.2, 0.25) is 0 Å². The van der Waals surface area contributed by atoms with Crippen molar-refractivity contribution in [3.8, 4) is 0 Å². The summed E-state index contributed by atoms with van der Waals surface area (Å²) in [5.41, 5.74) is 2.20. The number of nitrogens with one attached hydrogen (secondary N) is 3. The predicted octanol–water partition coefficient (Wildman–Crippen LogP) is 1.41. The lowest BCUT2D eigenvalue weighted by molar-refractivity contribution is -0.142. The predicted molar refractivity (Wildman–Crippen MR) is 83.9 cm³/mol. The lowest BCUT2D eigenvalue weighted by atomic mass is 10.0. The summed E-state index contributed by atoms with van der Waals surface area (Å²) >= 11 is 0. The molecule has 0 saturated heterocycles. The Morgan fingerprint density at radius 3 is 2.87 bits per heavy atom. The van der Waals surface area contributed by atoms with Crippen LogP contribution in [0.1, 0.15) is 16.1 Å². The normalized spacial score (nSPS) is 12.0. The zero-order valence-electron chi connectivity index (χ0n) is 12.5. The highest BCUT2D eigenvalue weighted by Gasteiger charge is 2.24. The number of hydrogen-bond acceptors (Lipinski definition) is 4. The van der Waals surface area contributed by atoms with Crippen molar-refractivity contribution in [1.29, 1.82) is 0 Å². The number of aromatic nitrogens is 3. The molecular formula is C16H16N4O3. The quantitative estimate of drug-likeness (QED) is 0.620.